The van der Waals surface area contributed by atoms with Gasteiger partial charge in [-0.2, -0.15) is 0 Å². The van der Waals surface area contributed by atoms with Crippen molar-refractivity contribution >= 4 is 17.2 Å². The predicted molar refractivity (Wildman–Crippen MR) is 73.9 cm³/mol. The smallest absolute Gasteiger partial charge is 0.152 e. The van der Waals surface area contributed by atoms with Gasteiger partial charge in [-0.1, -0.05) is 6.07 Å². The first-order valence-electron chi connectivity index (χ1n) is 6.05. The molecular weight excluding hydrogens is 244 g/mol. The van der Waals surface area contributed by atoms with Crippen LogP contribution in [0.1, 0.15) is 0 Å². The highest BCUT2D eigenvalue weighted by Crippen LogP contribution is 2.20. The summed E-state index contributed by atoms with van der Waals surface area (Å²) in [5, 5.41) is 1.98. The molecular formula is C13H15N4S. The molecule has 0 spiro atoms. The van der Waals surface area contributed by atoms with Crippen molar-refractivity contribution in [3.63, 3.8) is 0 Å². The Morgan fingerprint density at radius 3 is 2.72 bits per heavy atom. The predicted octanol–water partition coefficient (Wildman–Crippen LogP) is 1.76. The maximum Gasteiger partial charge on any atom is 0.152 e. The highest BCUT2D eigenvalue weighted by molar-refractivity contribution is 7.07. The van der Waals surface area contributed by atoms with Crippen LogP contribution in [0.5, 0.6) is 0 Å². The average molecular weight is 259 g/mol. The zero-order valence-corrected chi connectivity index (χ0v) is 11.2. The molecule has 2 aromatic heterocycles. The fourth-order valence-corrected chi connectivity index (χ4v) is 2.57. The molecule has 3 rings (SSSR count). The van der Waals surface area contributed by atoms with Gasteiger partial charge in [-0.25, -0.2) is 9.97 Å². The number of nitrogens with zero attached hydrogens (tertiary/aromatic N) is 4. The highest BCUT2D eigenvalue weighted by Gasteiger charge is 2.15. The fraction of sp³-hybridized carbons (Fsp3) is 0.385. The quantitative estimate of drug-likeness (QED) is 0.822. The fourth-order valence-electron chi connectivity index (χ4n) is 2.08. The lowest BCUT2D eigenvalue weighted by atomic mass is 10.2. The van der Waals surface area contributed by atoms with Gasteiger partial charge in [0.15, 0.2) is 5.51 Å². The van der Waals surface area contributed by atoms with Crippen LogP contribution >= 0.6 is 11.3 Å². The van der Waals surface area contributed by atoms with E-state index < -0.39 is 0 Å². The van der Waals surface area contributed by atoms with E-state index in [2.05, 4.69) is 39.5 Å². The van der Waals surface area contributed by atoms with Gasteiger partial charge in [-0.15, -0.1) is 11.3 Å². The summed E-state index contributed by atoms with van der Waals surface area (Å²) in [6.45, 7) is 4.26. The molecule has 0 unspecified atom stereocenters. The first-order valence-corrected chi connectivity index (χ1v) is 6.93. The number of anilines is 1. The van der Waals surface area contributed by atoms with Gasteiger partial charge in [0.05, 0.1) is 5.69 Å². The largest absolute Gasteiger partial charge is 0.354 e. The van der Waals surface area contributed by atoms with Crippen LogP contribution in [0.4, 0.5) is 5.82 Å². The van der Waals surface area contributed by atoms with Gasteiger partial charge in [0.25, 0.3) is 0 Å². The number of thiazole rings is 1. The third-order valence-electron chi connectivity index (χ3n) is 3.21. The molecule has 1 radical (unpaired) electrons. The lowest BCUT2D eigenvalue weighted by molar-refractivity contribution is 0.312. The molecule has 1 aliphatic rings. The SMILES string of the molecule is CN1CCN(c2cccc(-c3cs[c]n3)n2)CC1. The van der Waals surface area contributed by atoms with Crippen molar-refractivity contribution in [3.05, 3.63) is 29.1 Å². The first-order chi connectivity index (χ1) is 8.83. The molecule has 0 aliphatic carbocycles. The van der Waals surface area contributed by atoms with Crippen molar-refractivity contribution < 1.29 is 0 Å². The van der Waals surface area contributed by atoms with Gasteiger partial charge in [-0.3, -0.25) is 0 Å². The molecule has 0 saturated carbocycles. The number of piperazine rings is 1. The molecule has 0 amide bonds. The Kier molecular flexibility index (Phi) is 3.25. The van der Waals surface area contributed by atoms with E-state index in [9.17, 15) is 0 Å². The summed E-state index contributed by atoms with van der Waals surface area (Å²) < 4.78 is 0. The summed E-state index contributed by atoms with van der Waals surface area (Å²) in [4.78, 5) is 13.6. The second-order valence-electron chi connectivity index (χ2n) is 4.50. The lowest BCUT2D eigenvalue weighted by Gasteiger charge is -2.33. The van der Waals surface area contributed by atoms with Gasteiger partial charge in [0.1, 0.15) is 11.5 Å². The molecule has 5 heteroatoms. The molecule has 0 N–H and O–H groups in total. The maximum atomic E-state index is 4.70. The minimum atomic E-state index is 0.913. The number of hydrogen-bond donors (Lipinski definition) is 0. The third-order valence-corrected chi connectivity index (χ3v) is 3.75. The van der Waals surface area contributed by atoms with Crippen LogP contribution in [0.2, 0.25) is 0 Å². The van der Waals surface area contributed by atoms with Crippen LogP contribution in [0, 0.1) is 5.51 Å². The molecule has 1 saturated heterocycles. The molecule has 3 heterocycles. The number of rotatable bonds is 2. The topological polar surface area (TPSA) is 32.3 Å². The zero-order valence-electron chi connectivity index (χ0n) is 10.3. The summed E-state index contributed by atoms with van der Waals surface area (Å²) in [5.74, 6) is 1.05. The number of likely N-dealkylation sites (N-methyl/N-ethyl adjacent to an activating group) is 1. The molecule has 93 valence electrons. The van der Waals surface area contributed by atoms with Crippen molar-refractivity contribution in [3.8, 4) is 11.4 Å². The normalized spacial score (nSPS) is 17.1. The van der Waals surface area contributed by atoms with E-state index in [1.807, 2.05) is 11.4 Å². The third kappa shape index (κ3) is 2.37. The average Bonchev–Trinajstić information content (AvgIpc) is 2.94. The summed E-state index contributed by atoms with van der Waals surface area (Å²) >= 11 is 1.48. The molecule has 2 aromatic rings. The number of aromatic nitrogens is 2. The van der Waals surface area contributed by atoms with Gasteiger partial charge in [-0.05, 0) is 19.2 Å². The number of hydrogen-bond acceptors (Lipinski definition) is 5. The molecule has 0 bridgehead atoms. The van der Waals surface area contributed by atoms with Crippen LogP contribution in [-0.4, -0.2) is 48.1 Å². The molecule has 18 heavy (non-hydrogen) atoms. The van der Waals surface area contributed by atoms with Crippen molar-refractivity contribution in [2.24, 2.45) is 0 Å². The van der Waals surface area contributed by atoms with Crippen molar-refractivity contribution in [2.45, 2.75) is 0 Å². The van der Waals surface area contributed by atoms with Gasteiger partial charge < -0.3 is 9.80 Å². The Morgan fingerprint density at radius 1 is 1.17 bits per heavy atom. The number of pyridine rings is 1. The van der Waals surface area contributed by atoms with E-state index in [0.29, 0.717) is 0 Å². The molecule has 4 nitrogen and oxygen atoms in total. The minimum absolute atomic E-state index is 0.913. The standard InChI is InChI=1S/C13H15N4S/c1-16-5-7-17(8-6-16)13-4-2-3-11(15-13)12-9-18-10-14-12/h2-4,9H,5-8H2,1H3. The van der Waals surface area contributed by atoms with Crippen LogP contribution in [-0.2, 0) is 0 Å². The summed E-state index contributed by atoms with van der Waals surface area (Å²) in [6, 6.07) is 6.13. The molecule has 1 fully saturated rings. The minimum Gasteiger partial charge on any atom is -0.354 e. The molecule has 1 aliphatic heterocycles. The summed E-state index contributed by atoms with van der Waals surface area (Å²) in [6.07, 6.45) is 0. The van der Waals surface area contributed by atoms with Gasteiger partial charge in [0.2, 0.25) is 0 Å². The van der Waals surface area contributed by atoms with Gasteiger partial charge in [0, 0.05) is 31.6 Å². The van der Waals surface area contributed by atoms with Crippen LogP contribution in [0.15, 0.2) is 23.6 Å². The summed E-state index contributed by atoms with van der Waals surface area (Å²) in [7, 11) is 2.16. The Bertz CT molecular complexity index is 503. The second-order valence-corrected chi connectivity index (χ2v) is 5.15. The van der Waals surface area contributed by atoms with E-state index >= 15 is 0 Å². The Morgan fingerprint density at radius 2 is 2.00 bits per heavy atom. The van der Waals surface area contributed by atoms with Crippen molar-refractivity contribution in [1.29, 1.82) is 0 Å². The van der Waals surface area contributed by atoms with E-state index in [-0.39, 0.29) is 0 Å². The molecule has 0 atom stereocenters. The zero-order chi connectivity index (χ0) is 12.4. The Balaban J connectivity index is 1.83. The van der Waals surface area contributed by atoms with Crippen LogP contribution in [0.3, 0.4) is 0 Å². The lowest BCUT2D eigenvalue weighted by Crippen LogP contribution is -2.44. The Labute approximate surface area is 111 Å². The van der Waals surface area contributed by atoms with E-state index in [4.69, 9.17) is 4.98 Å². The van der Waals surface area contributed by atoms with E-state index in [0.717, 1.165) is 43.4 Å². The van der Waals surface area contributed by atoms with Gasteiger partial charge >= 0.3 is 0 Å². The summed E-state index contributed by atoms with van der Waals surface area (Å²) in [5.41, 5.74) is 4.71. The monoisotopic (exact) mass is 259 g/mol. The Hall–Kier alpha value is -1.46. The van der Waals surface area contributed by atoms with Crippen molar-refractivity contribution in [2.75, 3.05) is 38.1 Å². The first kappa shape index (κ1) is 11.6. The van der Waals surface area contributed by atoms with Crippen LogP contribution in [0.25, 0.3) is 11.4 Å². The maximum absolute atomic E-state index is 4.70. The van der Waals surface area contributed by atoms with E-state index in [1.54, 1.807) is 0 Å². The van der Waals surface area contributed by atoms with Crippen molar-refractivity contribution in [1.82, 2.24) is 14.9 Å². The van der Waals surface area contributed by atoms with E-state index in [1.165, 1.54) is 11.3 Å². The van der Waals surface area contributed by atoms with Crippen LogP contribution < -0.4 is 4.90 Å². The molecule has 0 aromatic carbocycles. The second kappa shape index (κ2) is 5.04. The highest BCUT2D eigenvalue weighted by atomic mass is 32.1.